The number of nitrogens with zero attached hydrogens (tertiary/aromatic N) is 2. The molecular formula is C23H23N3O. The van der Waals surface area contributed by atoms with Crippen molar-refractivity contribution < 1.29 is 4.79 Å². The molecule has 4 heteroatoms. The molecule has 3 aromatic rings. The van der Waals surface area contributed by atoms with E-state index in [9.17, 15) is 4.79 Å². The van der Waals surface area contributed by atoms with Gasteiger partial charge in [0.1, 0.15) is 5.82 Å². The number of fused-ring (bicyclic) bond motifs is 1. The van der Waals surface area contributed by atoms with Crippen molar-refractivity contribution in [2.45, 2.75) is 32.7 Å². The Morgan fingerprint density at radius 2 is 1.89 bits per heavy atom. The first-order valence-corrected chi connectivity index (χ1v) is 9.29. The lowest BCUT2D eigenvalue weighted by Crippen LogP contribution is -2.24. The van der Waals surface area contributed by atoms with Gasteiger partial charge in [-0.15, -0.1) is 0 Å². The van der Waals surface area contributed by atoms with Crippen LogP contribution < -0.4 is 10.2 Å². The molecule has 27 heavy (non-hydrogen) atoms. The van der Waals surface area contributed by atoms with Gasteiger partial charge in [0.25, 0.3) is 0 Å². The molecule has 1 aliphatic heterocycles. The lowest BCUT2D eigenvalue weighted by Gasteiger charge is -2.24. The number of carbonyl (C=O) groups excluding carboxylic acids is 1. The minimum Gasteiger partial charge on any atom is -0.324 e. The molecule has 0 fully saturated rings. The van der Waals surface area contributed by atoms with Gasteiger partial charge >= 0.3 is 0 Å². The molecule has 1 N–H and O–H groups in total. The fraction of sp³-hybridized carbons (Fsp3) is 0.217. The van der Waals surface area contributed by atoms with Crippen LogP contribution >= 0.6 is 0 Å². The molecule has 0 radical (unpaired) electrons. The molecule has 1 aliphatic rings. The SMILES string of the molecule is Cc1ccccc1CC(=O)Nc1ccc(N2c3ccccc3CC2C)nc1. The quantitative estimate of drug-likeness (QED) is 0.739. The van der Waals surface area contributed by atoms with Crippen LogP contribution in [0.25, 0.3) is 0 Å². The van der Waals surface area contributed by atoms with Crippen molar-refractivity contribution in [1.82, 2.24) is 4.98 Å². The second-order valence-electron chi connectivity index (χ2n) is 7.11. The molecule has 2 heterocycles. The molecule has 0 aliphatic carbocycles. The number of carbonyl (C=O) groups is 1. The summed E-state index contributed by atoms with van der Waals surface area (Å²) >= 11 is 0. The predicted octanol–water partition coefficient (Wildman–Crippen LogP) is 4.65. The van der Waals surface area contributed by atoms with Gasteiger partial charge in [-0.2, -0.15) is 0 Å². The summed E-state index contributed by atoms with van der Waals surface area (Å²) < 4.78 is 0. The van der Waals surface area contributed by atoms with Crippen molar-refractivity contribution in [1.29, 1.82) is 0 Å². The number of aromatic nitrogens is 1. The van der Waals surface area contributed by atoms with Crippen LogP contribution in [0, 0.1) is 6.92 Å². The van der Waals surface area contributed by atoms with Crippen molar-refractivity contribution in [3.8, 4) is 0 Å². The van der Waals surface area contributed by atoms with Crippen LogP contribution in [0.15, 0.2) is 66.9 Å². The zero-order valence-corrected chi connectivity index (χ0v) is 15.6. The Hall–Kier alpha value is -3.14. The maximum absolute atomic E-state index is 12.3. The van der Waals surface area contributed by atoms with E-state index in [0.29, 0.717) is 12.5 Å². The van der Waals surface area contributed by atoms with E-state index in [2.05, 4.69) is 46.4 Å². The predicted molar refractivity (Wildman–Crippen MR) is 109 cm³/mol. The minimum atomic E-state index is -0.0289. The number of hydrogen-bond donors (Lipinski definition) is 1. The highest BCUT2D eigenvalue weighted by atomic mass is 16.1. The summed E-state index contributed by atoms with van der Waals surface area (Å²) in [4.78, 5) is 19.2. The van der Waals surface area contributed by atoms with Gasteiger partial charge < -0.3 is 10.2 Å². The van der Waals surface area contributed by atoms with E-state index in [-0.39, 0.29) is 5.91 Å². The van der Waals surface area contributed by atoms with Crippen molar-refractivity contribution in [3.05, 3.63) is 83.6 Å². The average molecular weight is 357 g/mol. The largest absolute Gasteiger partial charge is 0.324 e. The second kappa shape index (κ2) is 7.23. The molecule has 1 unspecified atom stereocenters. The summed E-state index contributed by atoms with van der Waals surface area (Å²) in [5, 5.41) is 2.95. The number of aryl methyl sites for hydroxylation is 1. The van der Waals surface area contributed by atoms with E-state index in [1.807, 2.05) is 43.3 Å². The van der Waals surface area contributed by atoms with Crippen LogP contribution in [0.1, 0.15) is 23.6 Å². The highest BCUT2D eigenvalue weighted by Crippen LogP contribution is 2.37. The lowest BCUT2D eigenvalue weighted by atomic mass is 10.1. The third kappa shape index (κ3) is 3.56. The first-order chi connectivity index (χ1) is 13.1. The fourth-order valence-corrected chi connectivity index (χ4v) is 3.70. The number of hydrogen-bond acceptors (Lipinski definition) is 3. The van der Waals surface area contributed by atoms with E-state index in [1.165, 1.54) is 11.3 Å². The fourth-order valence-electron chi connectivity index (χ4n) is 3.70. The number of benzene rings is 2. The summed E-state index contributed by atoms with van der Waals surface area (Å²) in [5.74, 6) is 0.878. The first-order valence-electron chi connectivity index (χ1n) is 9.29. The number of amides is 1. The number of pyridine rings is 1. The second-order valence-corrected chi connectivity index (χ2v) is 7.11. The Balaban J connectivity index is 1.47. The molecule has 1 aromatic heterocycles. The van der Waals surface area contributed by atoms with Crippen LogP contribution in [-0.4, -0.2) is 16.9 Å². The summed E-state index contributed by atoms with van der Waals surface area (Å²) in [7, 11) is 0. The number of nitrogens with one attached hydrogen (secondary N) is 1. The van der Waals surface area contributed by atoms with Gasteiger partial charge in [0.2, 0.25) is 5.91 Å². The van der Waals surface area contributed by atoms with E-state index in [0.717, 1.165) is 29.1 Å². The Labute approximate surface area is 159 Å². The van der Waals surface area contributed by atoms with Crippen molar-refractivity contribution in [2.75, 3.05) is 10.2 Å². The maximum atomic E-state index is 12.3. The molecule has 4 nitrogen and oxygen atoms in total. The maximum Gasteiger partial charge on any atom is 0.228 e. The van der Waals surface area contributed by atoms with E-state index < -0.39 is 0 Å². The summed E-state index contributed by atoms with van der Waals surface area (Å²) in [6.45, 7) is 4.23. The van der Waals surface area contributed by atoms with Gasteiger partial charge in [0, 0.05) is 11.7 Å². The Morgan fingerprint density at radius 1 is 1.11 bits per heavy atom. The molecule has 136 valence electrons. The van der Waals surface area contributed by atoms with E-state index >= 15 is 0 Å². The molecule has 1 amide bonds. The topological polar surface area (TPSA) is 45.2 Å². The highest BCUT2D eigenvalue weighted by Gasteiger charge is 2.27. The third-order valence-corrected chi connectivity index (χ3v) is 5.10. The zero-order valence-electron chi connectivity index (χ0n) is 15.6. The van der Waals surface area contributed by atoms with Crippen LogP contribution in [0.4, 0.5) is 17.2 Å². The van der Waals surface area contributed by atoms with Crippen LogP contribution in [0.5, 0.6) is 0 Å². The van der Waals surface area contributed by atoms with Crippen molar-refractivity contribution in [3.63, 3.8) is 0 Å². The van der Waals surface area contributed by atoms with Gasteiger partial charge in [-0.3, -0.25) is 4.79 Å². The Kier molecular flexibility index (Phi) is 4.63. The smallest absolute Gasteiger partial charge is 0.228 e. The summed E-state index contributed by atoms with van der Waals surface area (Å²) in [6, 6.07) is 20.7. The lowest BCUT2D eigenvalue weighted by molar-refractivity contribution is -0.115. The van der Waals surface area contributed by atoms with Crippen LogP contribution in [0.3, 0.4) is 0 Å². The molecule has 0 saturated heterocycles. The van der Waals surface area contributed by atoms with Crippen LogP contribution in [-0.2, 0) is 17.6 Å². The third-order valence-electron chi connectivity index (χ3n) is 5.10. The molecule has 2 aromatic carbocycles. The van der Waals surface area contributed by atoms with Crippen LogP contribution in [0.2, 0.25) is 0 Å². The number of anilines is 3. The van der Waals surface area contributed by atoms with Gasteiger partial charge in [0.15, 0.2) is 0 Å². The molecular weight excluding hydrogens is 334 g/mol. The summed E-state index contributed by atoms with van der Waals surface area (Å²) in [6.07, 6.45) is 3.12. The average Bonchev–Trinajstić information content (AvgIpc) is 3.00. The molecule has 1 atom stereocenters. The standard InChI is InChI=1S/C23H23N3O/c1-16-7-3-4-8-18(16)14-23(27)25-20-11-12-22(24-15-20)26-17(2)13-19-9-5-6-10-21(19)26/h3-12,15,17H,13-14H2,1-2H3,(H,25,27). The number of para-hydroxylation sites is 1. The van der Waals surface area contributed by atoms with Gasteiger partial charge in [-0.05, 0) is 55.2 Å². The van der Waals surface area contributed by atoms with E-state index in [4.69, 9.17) is 0 Å². The molecule has 0 spiro atoms. The first kappa shape index (κ1) is 17.3. The highest BCUT2D eigenvalue weighted by molar-refractivity contribution is 5.92. The van der Waals surface area contributed by atoms with Gasteiger partial charge in [0.05, 0.1) is 18.3 Å². The number of rotatable bonds is 4. The van der Waals surface area contributed by atoms with Crippen molar-refractivity contribution >= 4 is 23.1 Å². The Morgan fingerprint density at radius 3 is 2.67 bits per heavy atom. The zero-order chi connectivity index (χ0) is 18.8. The molecule has 0 bridgehead atoms. The Bertz CT molecular complexity index is 965. The molecule has 4 rings (SSSR count). The summed E-state index contributed by atoms with van der Waals surface area (Å²) in [5.41, 5.74) is 5.46. The van der Waals surface area contributed by atoms with Gasteiger partial charge in [-0.1, -0.05) is 42.5 Å². The van der Waals surface area contributed by atoms with Crippen molar-refractivity contribution in [2.24, 2.45) is 0 Å². The van der Waals surface area contributed by atoms with E-state index in [1.54, 1.807) is 6.20 Å². The normalized spacial score (nSPS) is 15.5. The van der Waals surface area contributed by atoms with Gasteiger partial charge in [-0.25, -0.2) is 4.98 Å². The monoisotopic (exact) mass is 357 g/mol. The minimum absolute atomic E-state index is 0.0289. The molecule has 0 saturated carbocycles.